The van der Waals surface area contributed by atoms with E-state index >= 15 is 0 Å². The van der Waals surface area contributed by atoms with Gasteiger partial charge in [0.05, 0.1) is 0 Å². The molecule has 0 fully saturated rings. The van der Waals surface area contributed by atoms with E-state index in [4.69, 9.17) is 5.73 Å². The normalized spacial score (nSPS) is 10.8. The Labute approximate surface area is 82.5 Å². The van der Waals surface area contributed by atoms with E-state index in [1.807, 2.05) is 12.1 Å². The second-order valence-corrected chi connectivity index (χ2v) is 4.37. The molecule has 0 unspecified atom stereocenters. The molecule has 12 heavy (non-hydrogen) atoms. The van der Waals surface area contributed by atoms with Gasteiger partial charge in [-0.3, -0.25) is 0 Å². The van der Waals surface area contributed by atoms with Gasteiger partial charge in [-0.1, -0.05) is 0 Å². The molecule has 0 spiro atoms. The number of hydrogen-bond acceptors (Lipinski definition) is 3. The third kappa shape index (κ3) is 1.37. The zero-order valence-corrected chi connectivity index (χ0v) is 8.65. The average molecular weight is 243 g/mol. The Morgan fingerprint density at radius 2 is 2.33 bits per heavy atom. The van der Waals surface area contributed by atoms with Gasteiger partial charge in [-0.05, 0) is 34.1 Å². The first-order valence-corrected chi connectivity index (χ1v) is 5.15. The number of aromatic nitrogens is 1. The average Bonchev–Trinajstić information content (AvgIpc) is 2.46. The SMILES string of the molecule is NCc1cc2ccc(Br)nc2s1. The minimum atomic E-state index is 0.596. The molecule has 2 N–H and O–H groups in total. The number of nitrogens with zero attached hydrogens (tertiary/aromatic N) is 1. The molecule has 0 bridgehead atoms. The van der Waals surface area contributed by atoms with Crippen LogP contribution in [0.3, 0.4) is 0 Å². The molecule has 0 amide bonds. The van der Waals surface area contributed by atoms with E-state index < -0.39 is 0 Å². The van der Waals surface area contributed by atoms with E-state index in [-0.39, 0.29) is 0 Å². The lowest BCUT2D eigenvalue weighted by Crippen LogP contribution is -1.90. The van der Waals surface area contributed by atoms with Crippen molar-refractivity contribution in [3.8, 4) is 0 Å². The fourth-order valence-corrected chi connectivity index (χ4v) is 2.38. The molecule has 0 saturated heterocycles. The lowest BCUT2D eigenvalue weighted by atomic mass is 10.3. The summed E-state index contributed by atoms with van der Waals surface area (Å²) in [5.41, 5.74) is 5.52. The van der Waals surface area contributed by atoms with Crippen LogP contribution in [-0.4, -0.2) is 4.98 Å². The van der Waals surface area contributed by atoms with Gasteiger partial charge in [-0.2, -0.15) is 0 Å². The fraction of sp³-hybridized carbons (Fsp3) is 0.125. The molecule has 62 valence electrons. The summed E-state index contributed by atoms with van der Waals surface area (Å²) in [5.74, 6) is 0. The minimum Gasteiger partial charge on any atom is -0.326 e. The largest absolute Gasteiger partial charge is 0.326 e. The second-order valence-electron chi connectivity index (χ2n) is 2.45. The number of rotatable bonds is 1. The molecule has 2 rings (SSSR count). The maximum Gasteiger partial charge on any atom is 0.124 e. The van der Waals surface area contributed by atoms with Gasteiger partial charge < -0.3 is 5.73 Å². The summed E-state index contributed by atoms with van der Waals surface area (Å²) < 4.78 is 0.875. The minimum absolute atomic E-state index is 0.596. The van der Waals surface area contributed by atoms with Gasteiger partial charge in [0.1, 0.15) is 9.43 Å². The van der Waals surface area contributed by atoms with E-state index in [0.717, 1.165) is 9.43 Å². The third-order valence-corrected chi connectivity index (χ3v) is 3.11. The Morgan fingerprint density at radius 1 is 1.50 bits per heavy atom. The quantitative estimate of drug-likeness (QED) is 0.781. The summed E-state index contributed by atoms with van der Waals surface area (Å²) in [6.07, 6.45) is 0. The van der Waals surface area contributed by atoms with E-state index in [0.29, 0.717) is 6.54 Å². The van der Waals surface area contributed by atoms with Crippen LogP contribution in [-0.2, 0) is 6.54 Å². The molecular weight excluding hydrogens is 236 g/mol. The van der Waals surface area contributed by atoms with Crippen LogP contribution in [0.1, 0.15) is 4.88 Å². The Bertz CT molecular complexity index is 410. The molecule has 0 saturated carbocycles. The Balaban J connectivity index is 2.67. The van der Waals surface area contributed by atoms with Crippen LogP contribution >= 0.6 is 27.3 Å². The first-order chi connectivity index (χ1) is 5.79. The molecule has 0 aromatic carbocycles. The van der Waals surface area contributed by atoms with Crippen molar-refractivity contribution >= 4 is 37.5 Å². The number of pyridine rings is 1. The Kier molecular flexibility index (Phi) is 2.12. The topological polar surface area (TPSA) is 38.9 Å². The van der Waals surface area contributed by atoms with Crippen LogP contribution < -0.4 is 5.73 Å². The number of fused-ring (bicyclic) bond motifs is 1. The van der Waals surface area contributed by atoms with Crippen LogP contribution in [0.5, 0.6) is 0 Å². The molecular formula is C8H7BrN2S. The monoisotopic (exact) mass is 242 g/mol. The number of hydrogen-bond donors (Lipinski definition) is 1. The summed E-state index contributed by atoms with van der Waals surface area (Å²) in [5, 5.41) is 1.17. The van der Waals surface area contributed by atoms with Crippen LogP contribution in [0.25, 0.3) is 10.2 Å². The summed E-state index contributed by atoms with van der Waals surface area (Å²) in [6, 6.07) is 6.07. The van der Waals surface area contributed by atoms with Crippen molar-refractivity contribution in [3.05, 3.63) is 27.7 Å². The van der Waals surface area contributed by atoms with Gasteiger partial charge in [0.2, 0.25) is 0 Å². The third-order valence-electron chi connectivity index (χ3n) is 1.60. The molecule has 0 aliphatic rings. The zero-order chi connectivity index (χ0) is 8.55. The molecule has 0 atom stereocenters. The van der Waals surface area contributed by atoms with Crippen molar-refractivity contribution in [2.45, 2.75) is 6.54 Å². The highest BCUT2D eigenvalue weighted by Gasteiger charge is 2.01. The lowest BCUT2D eigenvalue weighted by Gasteiger charge is -1.87. The summed E-state index contributed by atoms with van der Waals surface area (Å²) in [6.45, 7) is 0.596. The van der Waals surface area contributed by atoms with Gasteiger partial charge in [-0.15, -0.1) is 11.3 Å². The molecule has 0 aliphatic carbocycles. The molecule has 0 aliphatic heterocycles. The van der Waals surface area contributed by atoms with Gasteiger partial charge in [-0.25, -0.2) is 4.98 Å². The molecule has 2 nitrogen and oxygen atoms in total. The first-order valence-electron chi connectivity index (χ1n) is 3.54. The van der Waals surface area contributed by atoms with E-state index in [2.05, 4.69) is 27.0 Å². The number of thiophene rings is 1. The van der Waals surface area contributed by atoms with Crippen molar-refractivity contribution in [3.63, 3.8) is 0 Å². The summed E-state index contributed by atoms with van der Waals surface area (Å²) in [4.78, 5) is 6.55. The molecule has 0 radical (unpaired) electrons. The van der Waals surface area contributed by atoms with E-state index in [1.165, 1.54) is 10.3 Å². The van der Waals surface area contributed by atoms with Crippen molar-refractivity contribution in [1.29, 1.82) is 0 Å². The smallest absolute Gasteiger partial charge is 0.124 e. The highest BCUT2D eigenvalue weighted by Crippen LogP contribution is 2.24. The number of halogens is 1. The van der Waals surface area contributed by atoms with Crippen molar-refractivity contribution in [2.75, 3.05) is 0 Å². The number of nitrogens with two attached hydrogens (primary N) is 1. The Morgan fingerprint density at radius 3 is 3.08 bits per heavy atom. The standard InChI is InChI=1S/C8H7BrN2S/c9-7-2-1-5-3-6(4-10)12-8(5)11-7/h1-3H,4,10H2. The highest BCUT2D eigenvalue weighted by atomic mass is 79.9. The van der Waals surface area contributed by atoms with Gasteiger partial charge in [0.25, 0.3) is 0 Å². The predicted octanol–water partition coefficient (Wildman–Crippen LogP) is 2.52. The van der Waals surface area contributed by atoms with Crippen LogP contribution in [0.4, 0.5) is 0 Å². The predicted molar refractivity (Wildman–Crippen MR) is 55.2 cm³/mol. The summed E-state index contributed by atoms with van der Waals surface area (Å²) in [7, 11) is 0. The molecule has 4 heteroatoms. The molecule has 2 aromatic heterocycles. The van der Waals surface area contributed by atoms with Crippen molar-refractivity contribution < 1.29 is 0 Å². The highest BCUT2D eigenvalue weighted by molar-refractivity contribution is 9.10. The van der Waals surface area contributed by atoms with Crippen LogP contribution in [0.15, 0.2) is 22.8 Å². The Hall–Kier alpha value is -0.450. The second kappa shape index (κ2) is 3.12. The maximum absolute atomic E-state index is 5.52. The fourth-order valence-electron chi connectivity index (χ4n) is 1.05. The molecule has 2 heterocycles. The summed E-state index contributed by atoms with van der Waals surface area (Å²) >= 11 is 4.97. The lowest BCUT2D eigenvalue weighted by molar-refractivity contribution is 1.11. The zero-order valence-electron chi connectivity index (χ0n) is 6.25. The van der Waals surface area contributed by atoms with E-state index in [1.54, 1.807) is 11.3 Å². The van der Waals surface area contributed by atoms with Gasteiger partial charge in [0.15, 0.2) is 0 Å². The van der Waals surface area contributed by atoms with Crippen molar-refractivity contribution in [1.82, 2.24) is 4.98 Å². The van der Waals surface area contributed by atoms with Crippen LogP contribution in [0, 0.1) is 0 Å². The molecule has 2 aromatic rings. The maximum atomic E-state index is 5.52. The van der Waals surface area contributed by atoms with Crippen molar-refractivity contribution in [2.24, 2.45) is 5.73 Å². The first kappa shape index (κ1) is 8.16. The van der Waals surface area contributed by atoms with E-state index in [9.17, 15) is 0 Å². The van der Waals surface area contributed by atoms with Gasteiger partial charge >= 0.3 is 0 Å². The van der Waals surface area contributed by atoms with Crippen LogP contribution in [0.2, 0.25) is 0 Å². The van der Waals surface area contributed by atoms with Gasteiger partial charge in [0, 0.05) is 16.8 Å².